The fourth-order valence-electron chi connectivity index (χ4n) is 1.89. The van der Waals surface area contributed by atoms with Gasteiger partial charge in [-0.15, -0.1) is 0 Å². The Balaban J connectivity index is 3.25. The molecule has 1 aromatic rings. The number of carboxylic acid groups (broad SMARTS) is 1. The first-order valence-corrected chi connectivity index (χ1v) is 5.35. The molecular formula is C13H18O4. The van der Waals surface area contributed by atoms with Gasteiger partial charge < -0.3 is 14.6 Å². The first-order chi connectivity index (χ1) is 7.92. The van der Waals surface area contributed by atoms with Gasteiger partial charge in [-0.1, -0.05) is 26.0 Å². The zero-order valence-corrected chi connectivity index (χ0v) is 10.6. The van der Waals surface area contributed by atoms with Crippen molar-refractivity contribution in [1.82, 2.24) is 0 Å². The first-order valence-electron chi connectivity index (χ1n) is 5.35. The summed E-state index contributed by atoms with van der Waals surface area (Å²) in [4.78, 5) is 10.9. The maximum atomic E-state index is 10.9. The number of rotatable bonds is 5. The maximum absolute atomic E-state index is 10.9. The Morgan fingerprint density at radius 1 is 1.29 bits per heavy atom. The van der Waals surface area contributed by atoms with Crippen LogP contribution >= 0.6 is 0 Å². The average molecular weight is 238 g/mol. The molecule has 1 aromatic carbocycles. The zero-order chi connectivity index (χ0) is 13.1. The third-order valence-corrected chi connectivity index (χ3v) is 2.73. The lowest BCUT2D eigenvalue weighted by Gasteiger charge is -2.26. The maximum Gasteiger partial charge on any atom is 0.304 e. The molecule has 1 rings (SSSR count). The van der Waals surface area contributed by atoms with E-state index in [1.807, 2.05) is 26.0 Å². The molecule has 4 nitrogen and oxygen atoms in total. The van der Waals surface area contributed by atoms with Gasteiger partial charge in [0, 0.05) is 11.0 Å². The molecule has 0 aliphatic heterocycles. The van der Waals surface area contributed by atoms with Crippen LogP contribution in [0, 0.1) is 0 Å². The molecule has 0 fully saturated rings. The molecule has 0 aromatic heterocycles. The molecule has 0 amide bonds. The van der Waals surface area contributed by atoms with Gasteiger partial charge in [-0.25, -0.2) is 0 Å². The van der Waals surface area contributed by atoms with E-state index in [1.54, 1.807) is 20.3 Å². The van der Waals surface area contributed by atoms with Crippen molar-refractivity contribution in [3.05, 3.63) is 23.8 Å². The van der Waals surface area contributed by atoms with Gasteiger partial charge in [0.2, 0.25) is 0 Å². The molecule has 94 valence electrons. The number of benzene rings is 1. The molecule has 0 spiro atoms. The van der Waals surface area contributed by atoms with Gasteiger partial charge in [-0.3, -0.25) is 4.79 Å². The number of aliphatic carboxylic acids is 1. The van der Waals surface area contributed by atoms with Crippen LogP contribution in [0.4, 0.5) is 0 Å². The van der Waals surface area contributed by atoms with Crippen LogP contribution < -0.4 is 9.47 Å². The van der Waals surface area contributed by atoms with Crippen molar-refractivity contribution >= 4 is 5.97 Å². The van der Waals surface area contributed by atoms with Crippen molar-refractivity contribution in [2.75, 3.05) is 14.2 Å². The summed E-state index contributed by atoms with van der Waals surface area (Å²) in [5.41, 5.74) is 0.327. The number of ether oxygens (including phenoxy) is 2. The van der Waals surface area contributed by atoms with Crippen LogP contribution in [0.3, 0.4) is 0 Å². The van der Waals surface area contributed by atoms with Crippen LogP contribution in [0.15, 0.2) is 18.2 Å². The van der Waals surface area contributed by atoms with Gasteiger partial charge in [-0.05, 0) is 6.07 Å². The van der Waals surface area contributed by atoms with E-state index in [0.29, 0.717) is 11.5 Å². The summed E-state index contributed by atoms with van der Waals surface area (Å²) in [7, 11) is 3.12. The van der Waals surface area contributed by atoms with Crippen LogP contribution in [0.25, 0.3) is 0 Å². The topological polar surface area (TPSA) is 55.8 Å². The van der Waals surface area contributed by atoms with E-state index in [0.717, 1.165) is 5.56 Å². The highest BCUT2D eigenvalue weighted by Crippen LogP contribution is 2.39. The first kappa shape index (κ1) is 13.4. The van der Waals surface area contributed by atoms with Crippen molar-refractivity contribution in [2.24, 2.45) is 0 Å². The Labute approximate surface area is 101 Å². The van der Waals surface area contributed by atoms with Crippen molar-refractivity contribution in [2.45, 2.75) is 25.7 Å². The Morgan fingerprint density at radius 3 is 2.41 bits per heavy atom. The van der Waals surface area contributed by atoms with Gasteiger partial charge in [0.15, 0.2) is 11.5 Å². The summed E-state index contributed by atoms with van der Waals surface area (Å²) in [6.45, 7) is 3.75. The highest BCUT2D eigenvalue weighted by atomic mass is 16.5. The second-order valence-electron chi connectivity index (χ2n) is 4.50. The summed E-state index contributed by atoms with van der Waals surface area (Å²) in [5.74, 6) is 0.379. The lowest BCUT2D eigenvalue weighted by Crippen LogP contribution is -2.22. The number of carboxylic acids is 1. The summed E-state index contributed by atoms with van der Waals surface area (Å²) in [5, 5.41) is 8.93. The molecule has 0 unspecified atom stereocenters. The zero-order valence-electron chi connectivity index (χ0n) is 10.6. The van der Waals surface area contributed by atoms with E-state index in [4.69, 9.17) is 14.6 Å². The minimum absolute atomic E-state index is 0.0382. The molecule has 0 atom stereocenters. The fraction of sp³-hybridized carbons (Fsp3) is 0.462. The van der Waals surface area contributed by atoms with E-state index >= 15 is 0 Å². The van der Waals surface area contributed by atoms with E-state index in [9.17, 15) is 4.79 Å². The predicted octanol–water partition coefficient (Wildman–Crippen LogP) is 2.46. The lowest BCUT2D eigenvalue weighted by molar-refractivity contribution is -0.138. The van der Waals surface area contributed by atoms with Crippen LogP contribution in [0.1, 0.15) is 25.8 Å². The Kier molecular flexibility index (Phi) is 3.99. The average Bonchev–Trinajstić information content (AvgIpc) is 2.26. The normalized spacial score (nSPS) is 11.1. The molecule has 4 heteroatoms. The lowest BCUT2D eigenvalue weighted by atomic mass is 9.81. The van der Waals surface area contributed by atoms with Crippen molar-refractivity contribution < 1.29 is 19.4 Å². The molecule has 0 heterocycles. The molecule has 1 N–H and O–H groups in total. The molecule has 0 aliphatic rings. The van der Waals surface area contributed by atoms with Crippen molar-refractivity contribution in [3.8, 4) is 11.5 Å². The number of hydrogen-bond acceptors (Lipinski definition) is 3. The van der Waals surface area contributed by atoms with Crippen molar-refractivity contribution in [3.63, 3.8) is 0 Å². The largest absolute Gasteiger partial charge is 0.493 e. The molecule has 0 saturated heterocycles. The second kappa shape index (κ2) is 5.08. The van der Waals surface area contributed by atoms with E-state index in [-0.39, 0.29) is 6.42 Å². The third kappa shape index (κ3) is 2.90. The highest BCUT2D eigenvalue weighted by Gasteiger charge is 2.28. The van der Waals surface area contributed by atoms with Crippen LogP contribution in [-0.4, -0.2) is 25.3 Å². The van der Waals surface area contributed by atoms with Gasteiger partial charge in [0.05, 0.1) is 20.6 Å². The number of hydrogen-bond donors (Lipinski definition) is 1. The summed E-state index contributed by atoms with van der Waals surface area (Å²) < 4.78 is 10.5. The minimum atomic E-state index is -0.833. The molecule has 17 heavy (non-hydrogen) atoms. The Bertz CT molecular complexity index is 410. The van der Waals surface area contributed by atoms with Crippen LogP contribution in [-0.2, 0) is 10.2 Å². The molecule has 0 radical (unpaired) electrons. The highest BCUT2D eigenvalue weighted by molar-refractivity contribution is 5.69. The van der Waals surface area contributed by atoms with E-state index in [2.05, 4.69) is 0 Å². The van der Waals surface area contributed by atoms with Gasteiger partial charge in [0.25, 0.3) is 0 Å². The molecular weight excluding hydrogens is 220 g/mol. The van der Waals surface area contributed by atoms with Gasteiger partial charge >= 0.3 is 5.97 Å². The van der Waals surface area contributed by atoms with Crippen LogP contribution in [0.2, 0.25) is 0 Å². The Morgan fingerprint density at radius 2 is 1.94 bits per heavy atom. The molecule has 0 saturated carbocycles. The fourth-order valence-corrected chi connectivity index (χ4v) is 1.89. The van der Waals surface area contributed by atoms with E-state index < -0.39 is 11.4 Å². The summed E-state index contributed by atoms with van der Waals surface area (Å²) in [6.07, 6.45) is 0.0382. The van der Waals surface area contributed by atoms with Gasteiger partial charge in [-0.2, -0.15) is 0 Å². The van der Waals surface area contributed by atoms with E-state index in [1.165, 1.54) is 0 Å². The summed E-state index contributed by atoms with van der Waals surface area (Å²) in [6, 6.07) is 5.49. The number of carbonyl (C=O) groups is 1. The minimum Gasteiger partial charge on any atom is -0.493 e. The van der Waals surface area contributed by atoms with Gasteiger partial charge in [0.1, 0.15) is 0 Å². The quantitative estimate of drug-likeness (QED) is 0.856. The monoisotopic (exact) mass is 238 g/mol. The molecule has 0 aliphatic carbocycles. The van der Waals surface area contributed by atoms with Crippen LogP contribution in [0.5, 0.6) is 11.5 Å². The standard InChI is InChI=1S/C13H18O4/c1-13(2,8-11(14)15)9-6-5-7-10(16-3)12(9)17-4/h5-7H,8H2,1-4H3,(H,14,15). The third-order valence-electron chi connectivity index (χ3n) is 2.73. The number of methoxy groups -OCH3 is 2. The smallest absolute Gasteiger partial charge is 0.304 e. The predicted molar refractivity (Wildman–Crippen MR) is 64.8 cm³/mol. The Hall–Kier alpha value is -1.71. The molecule has 0 bridgehead atoms. The summed E-state index contributed by atoms with van der Waals surface area (Å²) >= 11 is 0. The van der Waals surface area contributed by atoms with Crippen molar-refractivity contribution in [1.29, 1.82) is 0 Å². The SMILES string of the molecule is COc1cccc(C(C)(C)CC(=O)O)c1OC. The number of para-hydroxylation sites is 1. The second-order valence-corrected chi connectivity index (χ2v) is 4.50.